The van der Waals surface area contributed by atoms with Gasteiger partial charge < -0.3 is 10.6 Å². The van der Waals surface area contributed by atoms with Gasteiger partial charge in [0.2, 0.25) is 10.0 Å². The summed E-state index contributed by atoms with van der Waals surface area (Å²) in [7, 11) is -3.64. The van der Waals surface area contributed by atoms with Crippen molar-refractivity contribution in [3.05, 3.63) is 29.6 Å². The molecule has 0 atom stereocenters. The number of likely N-dealkylation sites (N-methyl/N-ethyl adjacent to an activating group) is 1. The van der Waals surface area contributed by atoms with Crippen LogP contribution in [-0.4, -0.2) is 55.3 Å². The first-order chi connectivity index (χ1) is 9.86. The van der Waals surface area contributed by atoms with E-state index in [1.165, 1.54) is 16.4 Å². The quantitative estimate of drug-likeness (QED) is 0.826. The number of halogens is 1. The molecule has 1 aliphatic rings. The zero-order valence-corrected chi connectivity index (χ0v) is 13.4. The predicted molar refractivity (Wildman–Crippen MR) is 83.2 cm³/mol. The number of hydrogen-bond acceptors (Lipinski definition) is 4. The molecule has 1 heterocycles. The van der Waals surface area contributed by atoms with Crippen molar-refractivity contribution in [2.24, 2.45) is 5.73 Å². The largest absolute Gasteiger partial charge is 0.389 e. The molecule has 2 rings (SSSR count). The standard InChI is InChI=1S/C13H18FN3O2S2/c1-2-16-5-7-17(8-6-16)21(18,19)10-3-4-12(14)11(9-10)13(15)20/h3-4,9H,2,5-8H2,1H3,(H2,15,20). The summed E-state index contributed by atoms with van der Waals surface area (Å²) in [6.45, 7) is 5.18. The van der Waals surface area contributed by atoms with E-state index >= 15 is 0 Å². The summed E-state index contributed by atoms with van der Waals surface area (Å²) >= 11 is 4.74. The Morgan fingerprint density at radius 3 is 2.48 bits per heavy atom. The third-order valence-electron chi connectivity index (χ3n) is 3.62. The number of sulfonamides is 1. The summed E-state index contributed by atoms with van der Waals surface area (Å²) in [4.78, 5) is 2.05. The molecule has 0 amide bonds. The number of piperazine rings is 1. The van der Waals surface area contributed by atoms with E-state index < -0.39 is 15.8 Å². The van der Waals surface area contributed by atoms with E-state index in [4.69, 9.17) is 18.0 Å². The number of benzene rings is 1. The van der Waals surface area contributed by atoms with E-state index in [2.05, 4.69) is 4.90 Å². The van der Waals surface area contributed by atoms with Crippen molar-refractivity contribution in [1.29, 1.82) is 0 Å². The van der Waals surface area contributed by atoms with Gasteiger partial charge in [-0.1, -0.05) is 19.1 Å². The van der Waals surface area contributed by atoms with E-state index in [0.717, 1.165) is 12.6 Å². The Labute approximate surface area is 129 Å². The average Bonchev–Trinajstić information content (AvgIpc) is 2.47. The van der Waals surface area contributed by atoms with Crippen LogP contribution in [0.25, 0.3) is 0 Å². The van der Waals surface area contributed by atoms with E-state index in [1.54, 1.807) is 0 Å². The summed E-state index contributed by atoms with van der Waals surface area (Å²) in [6.07, 6.45) is 0. The maximum absolute atomic E-state index is 13.6. The van der Waals surface area contributed by atoms with Gasteiger partial charge in [0, 0.05) is 31.7 Å². The molecule has 0 aromatic heterocycles. The summed E-state index contributed by atoms with van der Waals surface area (Å²) in [5.74, 6) is -0.614. The third-order valence-corrected chi connectivity index (χ3v) is 5.73. The van der Waals surface area contributed by atoms with Crippen LogP contribution < -0.4 is 5.73 Å². The highest BCUT2D eigenvalue weighted by Gasteiger charge is 2.28. The molecule has 1 aromatic rings. The SMILES string of the molecule is CCN1CCN(S(=O)(=O)c2ccc(F)c(C(N)=S)c2)CC1. The van der Waals surface area contributed by atoms with Crippen molar-refractivity contribution in [2.75, 3.05) is 32.7 Å². The van der Waals surface area contributed by atoms with Crippen molar-refractivity contribution in [3.63, 3.8) is 0 Å². The number of nitrogens with two attached hydrogens (primary N) is 1. The maximum atomic E-state index is 13.6. The third kappa shape index (κ3) is 3.39. The molecule has 5 nitrogen and oxygen atoms in total. The minimum atomic E-state index is -3.64. The molecule has 1 aliphatic heterocycles. The summed E-state index contributed by atoms with van der Waals surface area (Å²) in [6, 6.07) is 3.54. The second-order valence-electron chi connectivity index (χ2n) is 4.84. The fourth-order valence-electron chi connectivity index (χ4n) is 2.29. The topological polar surface area (TPSA) is 66.6 Å². The summed E-state index contributed by atoms with van der Waals surface area (Å²) < 4.78 is 40.1. The molecule has 0 aliphatic carbocycles. The van der Waals surface area contributed by atoms with Crippen molar-refractivity contribution >= 4 is 27.2 Å². The molecular weight excluding hydrogens is 313 g/mol. The average molecular weight is 331 g/mol. The van der Waals surface area contributed by atoms with Crippen LogP contribution in [0.4, 0.5) is 4.39 Å². The molecule has 21 heavy (non-hydrogen) atoms. The molecule has 2 N–H and O–H groups in total. The number of nitrogens with zero attached hydrogens (tertiary/aromatic N) is 2. The fourth-order valence-corrected chi connectivity index (χ4v) is 3.89. The lowest BCUT2D eigenvalue weighted by Gasteiger charge is -2.33. The normalized spacial score (nSPS) is 17.8. The van der Waals surface area contributed by atoms with Gasteiger partial charge in [0.1, 0.15) is 10.8 Å². The van der Waals surface area contributed by atoms with Crippen LogP contribution in [0, 0.1) is 5.82 Å². The van der Waals surface area contributed by atoms with Gasteiger partial charge in [-0.25, -0.2) is 12.8 Å². The maximum Gasteiger partial charge on any atom is 0.243 e. The van der Waals surface area contributed by atoms with E-state index in [1.807, 2.05) is 6.92 Å². The molecule has 0 saturated carbocycles. The van der Waals surface area contributed by atoms with Crippen LogP contribution in [0.3, 0.4) is 0 Å². The Morgan fingerprint density at radius 2 is 1.95 bits per heavy atom. The van der Waals surface area contributed by atoms with Crippen LogP contribution in [-0.2, 0) is 10.0 Å². The van der Waals surface area contributed by atoms with Gasteiger partial charge >= 0.3 is 0 Å². The molecule has 0 bridgehead atoms. The summed E-state index contributed by atoms with van der Waals surface area (Å²) in [5.41, 5.74) is 5.37. The highest BCUT2D eigenvalue weighted by Crippen LogP contribution is 2.20. The van der Waals surface area contributed by atoms with Gasteiger partial charge in [0.25, 0.3) is 0 Å². The van der Waals surface area contributed by atoms with Crippen LogP contribution in [0.15, 0.2) is 23.1 Å². The van der Waals surface area contributed by atoms with Crippen molar-refractivity contribution in [2.45, 2.75) is 11.8 Å². The first-order valence-electron chi connectivity index (χ1n) is 6.68. The Hall–Kier alpha value is -1.09. The lowest BCUT2D eigenvalue weighted by atomic mass is 10.2. The molecule has 116 valence electrons. The molecule has 0 unspecified atom stereocenters. The molecule has 0 spiro atoms. The molecule has 0 radical (unpaired) electrons. The molecule has 1 saturated heterocycles. The number of hydrogen-bond donors (Lipinski definition) is 1. The Bertz CT molecular complexity index is 641. The van der Waals surface area contributed by atoms with E-state index in [0.29, 0.717) is 26.2 Å². The van der Waals surface area contributed by atoms with Gasteiger partial charge in [-0.05, 0) is 24.7 Å². The monoisotopic (exact) mass is 331 g/mol. The second-order valence-corrected chi connectivity index (χ2v) is 7.22. The van der Waals surface area contributed by atoms with Crippen LogP contribution in [0.2, 0.25) is 0 Å². The lowest BCUT2D eigenvalue weighted by Crippen LogP contribution is -2.48. The lowest BCUT2D eigenvalue weighted by molar-refractivity contribution is 0.196. The first-order valence-corrected chi connectivity index (χ1v) is 8.53. The van der Waals surface area contributed by atoms with E-state index in [9.17, 15) is 12.8 Å². The fraction of sp³-hybridized carbons (Fsp3) is 0.462. The van der Waals surface area contributed by atoms with Crippen LogP contribution in [0.5, 0.6) is 0 Å². The smallest absolute Gasteiger partial charge is 0.243 e. The second kappa shape index (κ2) is 6.35. The minimum Gasteiger partial charge on any atom is -0.389 e. The summed E-state index contributed by atoms with van der Waals surface area (Å²) in [5, 5.41) is 0. The highest BCUT2D eigenvalue weighted by atomic mass is 32.2. The predicted octanol–water partition coefficient (Wildman–Crippen LogP) is 0.786. The van der Waals surface area contributed by atoms with E-state index in [-0.39, 0.29) is 15.4 Å². The molecule has 8 heteroatoms. The Balaban J connectivity index is 2.28. The van der Waals surface area contributed by atoms with Gasteiger partial charge in [0.05, 0.1) is 4.90 Å². The number of rotatable bonds is 4. The first kappa shape index (κ1) is 16.3. The van der Waals surface area contributed by atoms with Gasteiger partial charge in [0.15, 0.2) is 0 Å². The van der Waals surface area contributed by atoms with Gasteiger partial charge in [-0.2, -0.15) is 4.31 Å². The molecule has 1 fully saturated rings. The van der Waals surface area contributed by atoms with Crippen LogP contribution in [0.1, 0.15) is 12.5 Å². The van der Waals surface area contributed by atoms with Crippen molar-refractivity contribution < 1.29 is 12.8 Å². The van der Waals surface area contributed by atoms with Crippen molar-refractivity contribution in [3.8, 4) is 0 Å². The van der Waals surface area contributed by atoms with Crippen LogP contribution >= 0.6 is 12.2 Å². The minimum absolute atomic E-state index is 0.0247. The zero-order chi connectivity index (χ0) is 15.6. The zero-order valence-electron chi connectivity index (χ0n) is 11.8. The Kier molecular flexibility index (Phi) is 4.92. The Morgan fingerprint density at radius 1 is 1.33 bits per heavy atom. The molecule has 1 aromatic carbocycles. The van der Waals surface area contributed by atoms with Gasteiger partial charge in [-0.3, -0.25) is 0 Å². The van der Waals surface area contributed by atoms with Crippen molar-refractivity contribution in [1.82, 2.24) is 9.21 Å². The molecular formula is C13H18FN3O2S2. The number of thiocarbonyl (C=S) groups is 1. The highest BCUT2D eigenvalue weighted by molar-refractivity contribution is 7.89. The van der Waals surface area contributed by atoms with Gasteiger partial charge in [-0.15, -0.1) is 0 Å².